The molecule has 114 valence electrons. The lowest BCUT2D eigenvalue weighted by molar-refractivity contribution is -0.117. The van der Waals surface area contributed by atoms with Gasteiger partial charge >= 0.3 is 0 Å². The van der Waals surface area contributed by atoms with E-state index in [1.165, 1.54) is 4.88 Å². The third-order valence-corrected chi connectivity index (χ3v) is 7.10. The van der Waals surface area contributed by atoms with E-state index in [0.29, 0.717) is 0 Å². The SMILES string of the molecule is Cc1nc(SCc2csc(-c3cccs3)n2)sc1CC(N)=O. The maximum absolute atomic E-state index is 11.0. The molecule has 0 aliphatic carbocycles. The van der Waals surface area contributed by atoms with E-state index in [1.807, 2.05) is 13.0 Å². The molecule has 0 atom stereocenters. The van der Waals surface area contributed by atoms with Crippen LogP contribution in [0, 0.1) is 6.92 Å². The fourth-order valence-corrected chi connectivity index (χ4v) is 5.68. The van der Waals surface area contributed by atoms with Gasteiger partial charge in [-0.3, -0.25) is 4.79 Å². The molecule has 1 amide bonds. The van der Waals surface area contributed by atoms with Gasteiger partial charge in [-0.2, -0.15) is 0 Å². The summed E-state index contributed by atoms with van der Waals surface area (Å²) in [5.74, 6) is 0.466. The number of nitrogens with two attached hydrogens (primary N) is 1. The first-order valence-corrected chi connectivity index (χ1v) is 10.0. The number of carbonyl (C=O) groups excluding carboxylic acids is 1. The van der Waals surface area contributed by atoms with E-state index in [4.69, 9.17) is 5.73 Å². The Morgan fingerprint density at radius 2 is 2.23 bits per heavy atom. The minimum absolute atomic E-state index is 0.267. The van der Waals surface area contributed by atoms with Gasteiger partial charge in [0, 0.05) is 16.0 Å². The molecule has 2 N–H and O–H groups in total. The zero-order valence-electron chi connectivity index (χ0n) is 11.7. The van der Waals surface area contributed by atoms with Crippen LogP contribution in [0.5, 0.6) is 0 Å². The third-order valence-electron chi connectivity index (χ3n) is 2.84. The van der Waals surface area contributed by atoms with Gasteiger partial charge in [0.25, 0.3) is 0 Å². The van der Waals surface area contributed by atoms with Gasteiger partial charge in [-0.05, 0) is 18.4 Å². The van der Waals surface area contributed by atoms with Gasteiger partial charge in [0.1, 0.15) is 5.01 Å². The first-order chi connectivity index (χ1) is 10.6. The topological polar surface area (TPSA) is 68.9 Å². The molecule has 8 heteroatoms. The van der Waals surface area contributed by atoms with E-state index in [2.05, 4.69) is 26.8 Å². The number of carbonyl (C=O) groups is 1. The molecule has 0 spiro atoms. The summed E-state index contributed by atoms with van der Waals surface area (Å²) in [5, 5.41) is 5.21. The van der Waals surface area contributed by atoms with Crippen LogP contribution in [0.15, 0.2) is 27.2 Å². The molecule has 0 aliphatic rings. The quantitative estimate of drug-likeness (QED) is 0.670. The summed E-state index contributed by atoms with van der Waals surface area (Å²) in [4.78, 5) is 22.3. The van der Waals surface area contributed by atoms with Crippen molar-refractivity contribution in [2.45, 2.75) is 23.4 Å². The number of thiophene rings is 1. The molecule has 3 rings (SSSR count). The molecule has 0 bridgehead atoms. The number of aryl methyl sites for hydroxylation is 1. The molecule has 0 saturated carbocycles. The Morgan fingerprint density at radius 3 is 2.95 bits per heavy atom. The van der Waals surface area contributed by atoms with Gasteiger partial charge in [-0.1, -0.05) is 17.8 Å². The summed E-state index contributed by atoms with van der Waals surface area (Å²) in [7, 11) is 0. The average molecular weight is 368 g/mol. The molecule has 22 heavy (non-hydrogen) atoms. The Kier molecular flexibility index (Phi) is 4.92. The number of primary amides is 1. The number of nitrogens with zero attached hydrogens (tertiary/aromatic N) is 2. The Balaban J connectivity index is 1.64. The predicted molar refractivity (Wildman–Crippen MR) is 94.7 cm³/mol. The number of hydrogen-bond donors (Lipinski definition) is 1. The van der Waals surface area contributed by atoms with Crippen LogP contribution < -0.4 is 5.73 Å². The zero-order valence-corrected chi connectivity index (χ0v) is 15.0. The lowest BCUT2D eigenvalue weighted by Gasteiger charge is -1.93. The summed E-state index contributed by atoms with van der Waals surface area (Å²) in [6, 6.07) is 4.12. The lowest BCUT2D eigenvalue weighted by atomic mass is 10.3. The van der Waals surface area contributed by atoms with Crippen LogP contribution in [0.3, 0.4) is 0 Å². The van der Waals surface area contributed by atoms with Gasteiger partial charge in [0.15, 0.2) is 4.34 Å². The molecule has 0 fully saturated rings. The summed E-state index contributed by atoms with van der Waals surface area (Å²) in [6.45, 7) is 1.91. The molecule has 3 aromatic rings. The van der Waals surface area contributed by atoms with Crippen LogP contribution in [0.25, 0.3) is 9.88 Å². The summed E-state index contributed by atoms with van der Waals surface area (Å²) >= 11 is 6.56. The Hall–Kier alpha value is -1.22. The number of hydrogen-bond acceptors (Lipinski definition) is 7. The van der Waals surface area contributed by atoms with Crippen molar-refractivity contribution in [2.24, 2.45) is 5.73 Å². The lowest BCUT2D eigenvalue weighted by Crippen LogP contribution is -2.13. The van der Waals surface area contributed by atoms with Crippen LogP contribution in [-0.2, 0) is 17.0 Å². The summed E-state index contributed by atoms with van der Waals surface area (Å²) in [6.07, 6.45) is 0.267. The van der Waals surface area contributed by atoms with Gasteiger partial charge in [-0.25, -0.2) is 9.97 Å². The minimum atomic E-state index is -0.316. The molecule has 3 heterocycles. The molecule has 3 aromatic heterocycles. The summed E-state index contributed by atoms with van der Waals surface area (Å²) < 4.78 is 0.958. The van der Waals surface area contributed by atoms with Crippen LogP contribution >= 0.6 is 45.8 Å². The standard InChI is InChI=1S/C14H13N3OS4/c1-8-11(5-12(15)18)22-14(16-8)21-7-9-6-20-13(17-9)10-3-2-4-19-10/h2-4,6H,5,7H2,1H3,(H2,15,18). The van der Waals surface area contributed by atoms with Crippen LogP contribution in [0.1, 0.15) is 16.3 Å². The first-order valence-electron chi connectivity index (χ1n) is 6.47. The highest BCUT2D eigenvalue weighted by Crippen LogP contribution is 2.32. The molecule has 0 unspecified atom stereocenters. The molecule has 0 radical (unpaired) electrons. The molecule has 0 aliphatic heterocycles. The highest BCUT2D eigenvalue weighted by molar-refractivity contribution is 8.00. The van der Waals surface area contributed by atoms with E-state index >= 15 is 0 Å². The van der Waals surface area contributed by atoms with Gasteiger partial charge in [-0.15, -0.1) is 34.0 Å². The fraction of sp³-hybridized carbons (Fsp3) is 0.214. The Bertz CT molecular complexity index is 776. The molecule has 0 saturated heterocycles. The van der Waals surface area contributed by atoms with Crippen LogP contribution in [0.2, 0.25) is 0 Å². The van der Waals surface area contributed by atoms with Crippen molar-refractivity contribution >= 4 is 51.7 Å². The van der Waals surface area contributed by atoms with Gasteiger partial charge < -0.3 is 5.73 Å². The minimum Gasteiger partial charge on any atom is -0.369 e. The van der Waals surface area contributed by atoms with Crippen molar-refractivity contribution in [3.63, 3.8) is 0 Å². The average Bonchev–Trinajstić information content (AvgIpc) is 3.17. The summed E-state index contributed by atoms with van der Waals surface area (Å²) in [5.41, 5.74) is 7.19. The van der Waals surface area contributed by atoms with Crippen molar-refractivity contribution in [1.82, 2.24) is 9.97 Å². The van der Waals surface area contributed by atoms with E-state index < -0.39 is 0 Å². The second-order valence-corrected chi connectivity index (χ2v) is 8.65. The van der Waals surface area contributed by atoms with Gasteiger partial charge in [0.05, 0.1) is 22.7 Å². The van der Waals surface area contributed by atoms with E-state index in [-0.39, 0.29) is 12.3 Å². The van der Waals surface area contributed by atoms with Crippen molar-refractivity contribution < 1.29 is 4.79 Å². The molecular formula is C14H13N3OS4. The van der Waals surface area contributed by atoms with Crippen LogP contribution in [-0.4, -0.2) is 15.9 Å². The fourth-order valence-electron chi connectivity index (χ4n) is 1.81. The zero-order chi connectivity index (χ0) is 15.5. The molecule has 0 aromatic carbocycles. The highest BCUT2D eigenvalue weighted by atomic mass is 32.2. The predicted octanol–water partition coefficient (Wildman–Crippen LogP) is 3.96. The highest BCUT2D eigenvalue weighted by Gasteiger charge is 2.12. The van der Waals surface area contributed by atoms with E-state index in [0.717, 1.165) is 31.4 Å². The van der Waals surface area contributed by atoms with Crippen LogP contribution in [0.4, 0.5) is 0 Å². The third kappa shape index (κ3) is 3.75. The maximum atomic E-state index is 11.0. The van der Waals surface area contributed by atoms with Gasteiger partial charge in [0.2, 0.25) is 5.91 Å². The van der Waals surface area contributed by atoms with E-state index in [9.17, 15) is 4.79 Å². The monoisotopic (exact) mass is 367 g/mol. The van der Waals surface area contributed by atoms with Crippen molar-refractivity contribution in [1.29, 1.82) is 0 Å². The number of thioether (sulfide) groups is 1. The first kappa shape index (κ1) is 15.7. The second-order valence-electron chi connectivity index (χ2n) is 4.54. The molecular weight excluding hydrogens is 354 g/mol. The van der Waals surface area contributed by atoms with Crippen molar-refractivity contribution in [2.75, 3.05) is 0 Å². The van der Waals surface area contributed by atoms with Crippen molar-refractivity contribution in [3.8, 4) is 9.88 Å². The normalized spacial score (nSPS) is 11.0. The van der Waals surface area contributed by atoms with E-state index in [1.54, 1.807) is 45.8 Å². The largest absolute Gasteiger partial charge is 0.369 e. The number of rotatable bonds is 6. The molecule has 4 nitrogen and oxygen atoms in total. The Labute approximate surface area is 144 Å². The smallest absolute Gasteiger partial charge is 0.222 e. The maximum Gasteiger partial charge on any atom is 0.222 e. The number of thiazole rings is 2. The Morgan fingerprint density at radius 1 is 1.36 bits per heavy atom. The number of amides is 1. The van der Waals surface area contributed by atoms with Crippen molar-refractivity contribution in [3.05, 3.63) is 39.2 Å². The number of aromatic nitrogens is 2. The second kappa shape index (κ2) is 6.91.